The quantitative estimate of drug-likeness (QED) is 0.545. The van der Waals surface area contributed by atoms with Crippen LogP contribution in [0.4, 0.5) is 0 Å². The van der Waals surface area contributed by atoms with Gasteiger partial charge in [-0.1, -0.05) is 22.0 Å². The molecule has 0 amide bonds. The van der Waals surface area contributed by atoms with Crippen LogP contribution in [0.25, 0.3) is 0 Å². The number of thiophene rings is 1. The maximum atomic E-state index is 3.45. The molecule has 0 saturated carbocycles. The summed E-state index contributed by atoms with van der Waals surface area (Å²) in [6, 6.07) is 4.35. The lowest BCUT2D eigenvalue weighted by Crippen LogP contribution is -2.22. The molecule has 0 spiro atoms. The summed E-state index contributed by atoms with van der Waals surface area (Å²) in [6.07, 6.45) is 3.78. The van der Waals surface area contributed by atoms with Crippen molar-refractivity contribution < 1.29 is 0 Å². The van der Waals surface area contributed by atoms with Gasteiger partial charge in [0.1, 0.15) is 0 Å². The molecule has 0 aliphatic heterocycles. The molecule has 0 unspecified atom stereocenters. The standard InChI is InChI=1S/C11H18BrNS/c1-13(8-3-2-7-12)9-6-11-5-4-10-14-11/h4-5,10H,2-3,6-9H2,1H3. The number of alkyl halides is 1. The van der Waals surface area contributed by atoms with E-state index in [-0.39, 0.29) is 0 Å². The molecule has 1 rings (SSSR count). The molecule has 1 aromatic rings. The first-order chi connectivity index (χ1) is 6.83. The summed E-state index contributed by atoms with van der Waals surface area (Å²) in [7, 11) is 2.21. The number of rotatable bonds is 7. The highest BCUT2D eigenvalue weighted by molar-refractivity contribution is 9.09. The van der Waals surface area contributed by atoms with E-state index in [0.717, 1.165) is 5.33 Å². The van der Waals surface area contributed by atoms with Crippen LogP contribution in [0.15, 0.2) is 17.5 Å². The van der Waals surface area contributed by atoms with Gasteiger partial charge in [0.2, 0.25) is 0 Å². The van der Waals surface area contributed by atoms with Gasteiger partial charge in [0.25, 0.3) is 0 Å². The molecule has 1 heterocycles. The van der Waals surface area contributed by atoms with E-state index in [1.807, 2.05) is 11.3 Å². The monoisotopic (exact) mass is 275 g/mol. The fraction of sp³-hybridized carbons (Fsp3) is 0.636. The summed E-state index contributed by atoms with van der Waals surface area (Å²) < 4.78 is 0. The summed E-state index contributed by atoms with van der Waals surface area (Å²) in [6.45, 7) is 2.40. The third-order valence-electron chi connectivity index (χ3n) is 2.24. The highest BCUT2D eigenvalue weighted by Gasteiger charge is 1.99. The Morgan fingerprint density at radius 1 is 1.36 bits per heavy atom. The van der Waals surface area contributed by atoms with Crippen LogP contribution in [0, 0.1) is 0 Å². The summed E-state index contributed by atoms with van der Waals surface area (Å²) >= 11 is 5.31. The molecule has 14 heavy (non-hydrogen) atoms. The Hall–Kier alpha value is 0.140. The second-order valence-corrected chi connectivity index (χ2v) is 5.35. The number of hydrogen-bond acceptors (Lipinski definition) is 2. The van der Waals surface area contributed by atoms with Gasteiger partial charge in [-0.25, -0.2) is 0 Å². The third-order valence-corrected chi connectivity index (χ3v) is 3.74. The SMILES string of the molecule is CN(CCCCBr)CCc1cccs1. The first-order valence-electron chi connectivity index (χ1n) is 5.10. The molecule has 1 aromatic heterocycles. The lowest BCUT2D eigenvalue weighted by Gasteiger charge is -2.15. The zero-order valence-electron chi connectivity index (χ0n) is 8.71. The first-order valence-corrected chi connectivity index (χ1v) is 7.10. The fourth-order valence-corrected chi connectivity index (χ4v) is 2.44. The smallest absolute Gasteiger partial charge is 0.00579 e. The Labute approximate surface area is 99.3 Å². The molecule has 80 valence electrons. The summed E-state index contributed by atoms with van der Waals surface area (Å²) in [5, 5.41) is 3.28. The predicted molar refractivity (Wildman–Crippen MR) is 68.5 cm³/mol. The summed E-state index contributed by atoms with van der Waals surface area (Å²) in [4.78, 5) is 3.92. The first kappa shape index (κ1) is 12.2. The molecule has 0 aliphatic carbocycles. The zero-order chi connectivity index (χ0) is 10.2. The molecule has 0 radical (unpaired) electrons. The molecular weight excluding hydrogens is 258 g/mol. The van der Waals surface area contributed by atoms with Gasteiger partial charge in [-0.15, -0.1) is 11.3 Å². The molecular formula is C11H18BrNS. The van der Waals surface area contributed by atoms with Crippen molar-refractivity contribution >= 4 is 27.3 Å². The van der Waals surface area contributed by atoms with Crippen molar-refractivity contribution in [2.24, 2.45) is 0 Å². The zero-order valence-corrected chi connectivity index (χ0v) is 11.1. The Balaban J connectivity index is 2.06. The Kier molecular flexibility index (Phi) is 6.48. The van der Waals surface area contributed by atoms with Crippen molar-refractivity contribution in [2.75, 3.05) is 25.5 Å². The van der Waals surface area contributed by atoms with Gasteiger partial charge in [0, 0.05) is 16.8 Å². The van der Waals surface area contributed by atoms with Crippen LogP contribution < -0.4 is 0 Å². The fourth-order valence-electron chi connectivity index (χ4n) is 1.34. The largest absolute Gasteiger partial charge is 0.306 e. The molecule has 0 fully saturated rings. The number of likely N-dealkylation sites (N-methyl/N-ethyl adjacent to an activating group) is 1. The average Bonchev–Trinajstić information content (AvgIpc) is 2.68. The topological polar surface area (TPSA) is 3.24 Å². The van der Waals surface area contributed by atoms with Gasteiger partial charge in [-0.2, -0.15) is 0 Å². The van der Waals surface area contributed by atoms with Crippen LogP contribution in [-0.4, -0.2) is 30.4 Å². The van der Waals surface area contributed by atoms with E-state index in [2.05, 4.69) is 45.4 Å². The number of halogens is 1. The Morgan fingerprint density at radius 3 is 2.86 bits per heavy atom. The second kappa shape index (κ2) is 7.43. The molecule has 0 aliphatic rings. The van der Waals surface area contributed by atoms with Crippen molar-refractivity contribution in [1.29, 1.82) is 0 Å². The van der Waals surface area contributed by atoms with E-state index in [0.29, 0.717) is 0 Å². The van der Waals surface area contributed by atoms with E-state index in [1.54, 1.807) is 0 Å². The van der Waals surface area contributed by atoms with Crippen molar-refractivity contribution in [2.45, 2.75) is 19.3 Å². The minimum Gasteiger partial charge on any atom is -0.306 e. The molecule has 1 nitrogen and oxygen atoms in total. The summed E-state index contributed by atoms with van der Waals surface area (Å²) in [5.41, 5.74) is 0. The average molecular weight is 276 g/mol. The number of unbranched alkanes of at least 4 members (excludes halogenated alkanes) is 1. The molecule has 0 aromatic carbocycles. The lowest BCUT2D eigenvalue weighted by atomic mass is 10.3. The highest BCUT2D eigenvalue weighted by Crippen LogP contribution is 2.09. The van der Waals surface area contributed by atoms with E-state index in [4.69, 9.17) is 0 Å². The van der Waals surface area contributed by atoms with Gasteiger partial charge >= 0.3 is 0 Å². The molecule has 0 N–H and O–H groups in total. The van der Waals surface area contributed by atoms with Crippen LogP contribution >= 0.6 is 27.3 Å². The van der Waals surface area contributed by atoms with Crippen LogP contribution in [-0.2, 0) is 6.42 Å². The maximum Gasteiger partial charge on any atom is 0.00579 e. The minimum atomic E-state index is 1.13. The molecule has 0 atom stereocenters. The molecule has 0 saturated heterocycles. The maximum absolute atomic E-state index is 3.45. The van der Waals surface area contributed by atoms with Gasteiger partial charge in [0.15, 0.2) is 0 Å². The van der Waals surface area contributed by atoms with Crippen molar-refractivity contribution in [3.63, 3.8) is 0 Å². The normalized spacial score (nSPS) is 11.1. The summed E-state index contributed by atoms with van der Waals surface area (Å²) in [5.74, 6) is 0. The van der Waals surface area contributed by atoms with E-state index < -0.39 is 0 Å². The Bertz CT molecular complexity index is 223. The lowest BCUT2D eigenvalue weighted by molar-refractivity contribution is 0.333. The van der Waals surface area contributed by atoms with Crippen molar-refractivity contribution in [3.05, 3.63) is 22.4 Å². The van der Waals surface area contributed by atoms with Crippen LogP contribution in [0.2, 0.25) is 0 Å². The van der Waals surface area contributed by atoms with Crippen molar-refractivity contribution in [3.8, 4) is 0 Å². The van der Waals surface area contributed by atoms with Crippen LogP contribution in [0.5, 0.6) is 0 Å². The minimum absolute atomic E-state index is 1.13. The highest BCUT2D eigenvalue weighted by atomic mass is 79.9. The van der Waals surface area contributed by atoms with E-state index >= 15 is 0 Å². The second-order valence-electron chi connectivity index (χ2n) is 3.53. The number of nitrogens with zero attached hydrogens (tertiary/aromatic N) is 1. The van der Waals surface area contributed by atoms with Crippen molar-refractivity contribution in [1.82, 2.24) is 4.90 Å². The molecule has 0 bridgehead atoms. The Morgan fingerprint density at radius 2 is 2.21 bits per heavy atom. The molecule has 3 heteroatoms. The van der Waals surface area contributed by atoms with Gasteiger partial charge in [-0.3, -0.25) is 0 Å². The van der Waals surface area contributed by atoms with Crippen LogP contribution in [0.1, 0.15) is 17.7 Å². The van der Waals surface area contributed by atoms with Gasteiger partial charge in [-0.05, 0) is 44.3 Å². The predicted octanol–water partition coefficient (Wildman–Crippen LogP) is 3.40. The van der Waals surface area contributed by atoms with E-state index in [9.17, 15) is 0 Å². The van der Waals surface area contributed by atoms with Gasteiger partial charge in [0.05, 0.1) is 0 Å². The van der Waals surface area contributed by atoms with Gasteiger partial charge < -0.3 is 4.90 Å². The number of hydrogen-bond donors (Lipinski definition) is 0. The van der Waals surface area contributed by atoms with Crippen LogP contribution in [0.3, 0.4) is 0 Å². The third kappa shape index (κ3) is 5.13. The van der Waals surface area contributed by atoms with E-state index in [1.165, 1.54) is 37.2 Å².